The fourth-order valence-corrected chi connectivity index (χ4v) is 1.98. The highest BCUT2D eigenvalue weighted by Crippen LogP contribution is 2.28. The molecule has 0 N–H and O–H groups in total. The molecular weight excluding hydrogens is 216 g/mol. The summed E-state index contributed by atoms with van der Waals surface area (Å²) < 4.78 is 7.15. The highest BCUT2D eigenvalue weighted by atomic mass is 35.5. The Labute approximate surface area is 91.8 Å². The standard InChI is InChI=1S/C10H11ClN2O2/c1-4-13-6(3)7-5(2)8(9(11)14)15-10(7)12-13/h4H2,1-3H3. The van der Waals surface area contributed by atoms with Gasteiger partial charge in [0.1, 0.15) is 0 Å². The van der Waals surface area contributed by atoms with Crippen molar-refractivity contribution in [2.24, 2.45) is 0 Å². The van der Waals surface area contributed by atoms with E-state index in [1.165, 1.54) is 0 Å². The third-order valence-corrected chi connectivity index (χ3v) is 2.74. The van der Waals surface area contributed by atoms with Gasteiger partial charge in [0.05, 0.1) is 5.39 Å². The number of carbonyl (C=O) groups is 1. The molecule has 0 aliphatic rings. The monoisotopic (exact) mass is 226 g/mol. The number of rotatable bonds is 2. The van der Waals surface area contributed by atoms with Gasteiger partial charge >= 0.3 is 0 Å². The van der Waals surface area contributed by atoms with Crippen LogP contribution in [0.1, 0.15) is 28.7 Å². The molecule has 2 aromatic rings. The van der Waals surface area contributed by atoms with Gasteiger partial charge in [-0.1, -0.05) is 0 Å². The van der Waals surface area contributed by atoms with E-state index < -0.39 is 5.24 Å². The Balaban J connectivity index is 2.76. The highest BCUT2D eigenvalue weighted by Gasteiger charge is 2.20. The Hall–Kier alpha value is -1.29. The van der Waals surface area contributed by atoms with Crippen molar-refractivity contribution in [1.29, 1.82) is 0 Å². The smallest absolute Gasteiger partial charge is 0.288 e. The maximum absolute atomic E-state index is 11.0. The van der Waals surface area contributed by atoms with Gasteiger partial charge in [0.15, 0.2) is 5.76 Å². The number of aromatic nitrogens is 2. The summed E-state index contributed by atoms with van der Waals surface area (Å²) in [4.78, 5) is 11.0. The molecular formula is C10H11ClN2O2. The number of hydrogen-bond acceptors (Lipinski definition) is 3. The van der Waals surface area contributed by atoms with Gasteiger partial charge in [0, 0.05) is 17.8 Å². The quantitative estimate of drug-likeness (QED) is 0.740. The van der Waals surface area contributed by atoms with Gasteiger partial charge in [-0.05, 0) is 32.4 Å². The molecule has 2 heterocycles. The largest absolute Gasteiger partial charge is 0.432 e. The van der Waals surface area contributed by atoms with E-state index in [4.69, 9.17) is 16.0 Å². The third kappa shape index (κ3) is 1.36. The molecule has 0 saturated carbocycles. The molecule has 2 aromatic heterocycles. The summed E-state index contributed by atoms with van der Waals surface area (Å²) in [6.07, 6.45) is 0. The topological polar surface area (TPSA) is 48.0 Å². The van der Waals surface area contributed by atoms with Crippen LogP contribution in [-0.2, 0) is 6.54 Å². The van der Waals surface area contributed by atoms with Crippen LogP contribution >= 0.6 is 11.6 Å². The van der Waals surface area contributed by atoms with E-state index >= 15 is 0 Å². The van der Waals surface area contributed by atoms with Crippen LogP contribution in [0.4, 0.5) is 0 Å². The average Bonchev–Trinajstić information content (AvgIpc) is 2.65. The zero-order valence-corrected chi connectivity index (χ0v) is 9.55. The molecule has 4 nitrogen and oxygen atoms in total. The lowest BCUT2D eigenvalue weighted by molar-refractivity contribution is 0.105. The SMILES string of the molecule is CCn1nc2oc(C(=O)Cl)c(C)c2c1C. The third-order valence-electron chi connectivity index (χ3n) is 2.57. The molecule has 0 saturated heterocycles. The molecule has 15 heavy (non-hydrogen) atoms. The number of hydrogen-bond donors (Lipinski definition) is 0. The zero-order valence-electron chi connectivity index (χ0n) is 8.80. The number of furan rings is 1. The van der Waals surface area contributed by atoms with Crippen LogP contribution in [0.15, 0.2) is 4.42 Å². The summed E-state index contributed by atoms with van der Waals surface area (Å²) in [6.45, 7) is 6.54. The zero-order chi connectivity index (χ0) is 11.2. The molecule has 0 spiro atoms. The van der Waals surface area contributed by atoms with E-state index in [-0.39, 0.29) is 5.76 Å². The Kier molecular flexibility index (Phi) is 2.31. The predicted molar refractivity (Wildman–Crippen MR) is 57.3 cm³/mol. The first-order valence-electron chi connectivity index (χ1n) is 4.72. The number of aryl methyl sites for hydroxylation is 3. The van der Waals surface area contributed by atoms with Gasteiger partial charge in [-0.2, -0.15) is 0 Å². The fourth-order valence-electron chi connectivity index (χ4n) is 1.80. The molecule has 0 bridgehead atoms. The van der Waals surface area contributed by atoms with E-state index in [0.29, 0.717) is 5.71 Å². The predicted octanol–water partition coefficient (Wildman–Crippen LogP) is 2.65. The number of carbonyl (C=O) groups excluding carboxylic acids is 1. The van der Waals surface area contributed by atoms with Crippen LogP contribution in [0.3, 0.4) is 0 Å². The summed E-state index contributed by atoms with van der Waals surface area (Å²) >= 11 is 5.40. The summed E-state index contributed by atoms with van der Waals surface area (Å²) in [5.74, 6) is 0.195. The van der Waals surface area contributed by atoms with Gasteiger partial charge in [0.25, 0.3) is 5.24 Å². The molecule has 5 heteroatoms. The van der Waals surface area contributed by atoms with E-state index in [1.54, 1.807) is 0 Å². The van der Waals surface area contributed by atoms with Crippen molar-refractivity contribution in [2.75, 3.05) is 0 Å². The Morgan fingerprint density at radius 3 is 2.67 bits per heavy atom. The van der Waals surface area contributed by atoms with Crippen molar-refractivity contribution >= 4 is 27.9 Å². The van der Waals surface area contributed by atoms with Gasteiger partial charge in [0.2, 0.25) is 5.71 Å². The molecule has 80 valence electrons. The van der Waals surface area contributed by atoms with E-state index in [9.17, 15) is 4.79 Å². The minimum Gasteiger partial charge on any atom is -0.432 e. The maximum atomic E-state index is 11.0. The average molecular weight is 227 g/mol. The summed E-state index contributed by atoms with van der Waals surface area (Å²) in [5, 5.41) is 4.55. The molecule has 0 atom stereocenters. The molecule has 0 aromatic carbocycles. The van der Waals surface area contributed by atoms with Crippen molar-refractivity contribution in [3.05, 3.63) is 17.0 Å². The molecule has 0 unspecified atom stereocenters. The van der Waals surface area contributed by atoms with E-state index in [1.807, 2.05) is 25.5 Å². The molecule has 0 aliphatic carbocycles. The highest BCUT2D eigenvalue weighted by molar-refractivity contribution is 6.67. The van der Waals surface area contributed by atoms with Crippen LogP contribution in [0.25, 0.3) is 11.1 Å². The second kappa shape index (κ2) is 3.38. The minimum atomic E-state index is -0.576. The lowest BCUT2D eigenvalue weighted by Crippen LogP contribution is -1.99. The number of nitrogens with zero attached hydrogens (tertiary/aromatic N) is 2. The molecule has 0 radical (unpaired) electrons. The molecule has 0 fully saturated rings. The van der Waals surface area contributed by atoms with Gasteiger partial charge in [-0.3, -0.25) is 9.48 Å². The molecule has 0 amide bonds. The van der Waals surface area contributed by atoms with E-state index in [2.05, 4.69) is 5.10 Å². The van der Waals surface area contributed by atoms with Crippen molar-refractivity contribution in [2.45, 2.75) is 27.3 Å². The van der Waals surface area contributed by atoms with Crippen molar-refractivity contribution < 1.29 is 9.21 Å². The van der Waals surface area contributed by atoms with Crippen LogP contribution in [-0.4, -0.2) is 15.0 Å². The summed E-state index contributed by atoms with van der Waals surface area (Å²) in [6, 6.07) is 0. The normalized spacial score (nSPS) is 11.2. The van der Waals surface area contributed by atoms with Crippen LogP contribution in [0.2, 0.25) is 0 Å². The lowest BCUT2D eigenvalue weighted by atomic mass is 10.2. The Bertz CT molecular complexity index is 539. The van der Waals surface area contributed by atoms with Crippen LogP contribution in [0, 0.1) is 13.8 Å². The van der Waals surface area contributed by atoms with Crippen molar-refractivity contribution in [1.82, 2.24) is 9.78 Å². The maximum Gasteiger partial charge on any atom is 0.288 e. The Morgan fingerprint density at radius 2 is 2.20 bits per heavy atom. The minimum absolute atomic E-state index is 0.195. The molecule has 2 rings (SSSR count). The van der Waals surface area contributed by atoms with Gasteiger partial charge in [-0.25, -0.2) is 0 Å². The first kappa shape index (κ1) is 10.2. The summed E-state index contributed by atoms with van der Waals surface area (Å²) in [7, 11) is 0. The second-order valence-corrected chi connectivity index (χ2v) is 3.75. The van der Waals surface area contributed by atoms with Crippen LogP contribution < -0.4 is 0 Å². The first-order chi connectivity index (χ1) is 7.06. The summed E-state index contributed by atoms with van der Waals surface area (Å²) in [5.41, 5.74) is 2.25. The van der Waals surface area contributed by atoms with Crippen molar-refractivity contribution in [3.8, 4) is 0 Å². The lowest BCUT2D eigenvalue weighted by Gasteiger charge is -1.98. The van der Waals surface area contributed by atoms with Crippen molar-refractivity contribution in [3.63, 3.8) is 0 Å². The van der Waals surface area contributed by atoms with Crippen LogP contribution in [0.5, 0.6) is 0 Å². The van der Waals surface area contributed by atoms with Gasteiger partial charge < -0.3 is 4.42 Å². The fraction of sp³-hybridized carbons (Fsp3) is 0.400. The number of halogens is 1. The molecule has 0 aliphatic heterocycles. The van der Waals surface area contributed by atoms with E-state index in [0.717, 1.165) is 23.2 Å². The second-order valence-electron chi connectivity index (χ2n) is 3.41. The number of fused-ring (bicyclic) bond motifs is 1. The van der Waals surface area contributed by atoms with Gasteiger partial charge in [-0.15, -0.1) is 5.10 Å². The Morgan fingerprint density at radius 1 is 1.53 bits per heavy atom. The first-order valence-corrected chi connectivity index (χ1v) is 5.10.